The molecule has 1 saturated heterocycles. The maximum Gasteiger partial charge on any atom is 0.330 e. The maximum absolute atomic E-state index is 12.8. The number of urea groups is 1. The molecule has 8 heteroatoms. The lowest BCUT2D eigenvalue weighted by molar-refractivity contribution is -0.148. The molecule has 2 aliphatic rings. The van der Waals surface area contributed by atoms with Crippen molar-refractivity contribution in [2.45, 2.75) is 39.0 Å². The number of ether oxygens (including phenoxy) is 1. The SMILES string of the molecule is C\C=C/C=C\C=C\CN1C(=O)N(C(C(N)=O)C(=O)C2(C)CC2)C(=O)C1OC. The summed E-state index contributed by atoms with van der Waals surface area (Å²) in [7, 11) is 1.28. The molecule has 1 aliphatic carbocycles. The van der Waals surface area contributed by atoms with Crippen LogP contribution in [0.5, 0.6) is 0 Å². The van der Waals surface area contributed by atoms with Gasteiger partial charge in [0.05, 0.1) is 0 Å². The van der Waals surface area contributed by atoms with Crippen LogP contribution in [0.3, 0.4) is 0 Å². The second kappa shape index (κ2) is 8.30. The van der Waals surface area contributed by atoms with Crippen LogP contribution < -0.4 is 5.73 Å². The molecule has 0 aromatic carbocycles. The van der Waals surface area contributed by atoms with Crippen LogP contribution in [-0.2, 0) is 19.1 Å². The lowest BCUT2D eigenvalue weighted by atomic mass is 9.95. The number of allylic oxidation sites excluding steroid dienone is 5. The van der Waals surface area contributed by atoms with Gasteiger partial charge in [0.25, 0.3) is 5.91 Å². The van der Waals surface area contributed by atoms with E-state index in [1.165, 1.54) is 7.11 Å². The Morgan fingerprint density at radius 3 is 2.41 bits per heavy atom. The lowest BCUT2D eigenvalue weighted by Gasteiger charge is -2.24. The molecule has 0 radical (unpaired) electrons. The smallest absolute Gasteiger partial charge is 0.330 e. The van der Waals surface area contributed by atoms with Crippen molar-refractivity contribution in [2.24, 2.45) is 11.1 Å². The Labute approximate surface area is 158 Å². The number of nitrogens with zero attached hydrogens (tertiary/aromatic N) is 2. The van der Waals surface area contributed by atoms with Crippen LogP contribution >= 0.6 is 0 Å². The number of rotatable bonds is 9. The summed E-state index contributed by atoms with van der Waals surface area (Å²) in [5, 5.41) is 0. The van der Waals surface area contributed by atoms with Crippen LogP contribution in [0.1, 0.15) is 26.7 Å². The number of ketones is 1. The molecule has 2 atom stereocenters. The average molecular weight is 375 g/mol. The van der Waals surface area contributed by atoms with Gasteiger partial charge < -0.3 is 10.5 Å². The predicted molar refractivity (Wildman–Crippen MR) is 98.2 cm³/mol. The zero-order valence-corrected chi connectivity index (χ0v) is 15.8. The van der Waals surface area contributed by atoms with E-state index in [1.807, 2.05) is 25.2 Å². The number of primary amides is 1. The number of carbonyl (C=O) groups is 4. The van der Waals surface area contributed by atoms with Crippen molar-refractivity contribution in [3.63, 3.8) is 0 Å². The standard InChI is InChI=1S/C19H25N3O5/c1-4-5-6-7-8-9-12-21-17(27-3)16(25)22(18(21)26)13(15(20)24)14(23)19(2)10-11-19/h4-9,13,17H,10-12H2,1-3H3,(H2,20,24)/b5-4-,7-6-,9-8+. The molecule has 0 bridgehead atoms. The number of hydrogen-bond acceptors (Lipinski definition) is 5. The highest BCUT2D eigenvalue weighted by molar-refractivity contribution is 6.16. The molecule has 1 saturated carbocycles. The second-order valence-electron chi connectivity index (χ2n) is 6.80. The highest BCUT2D eigenvalue weighted by Crippen LogP contribution is 2.47. The highest BCUT2D eigenvalue weighted by Gasteiger charge is 2.57. The predicted octanol–water partition coefficient (Wildman–Crippen LogP) is 1.13. The van der Waals surface area contributed by atoms with Crippen LogP contribution in [0.25, 0.3) is 0 Å². The monoisotopic (exact) mass is 375 g/mol. The van der Waals surface area contributed by atoms with Gasteiger partial charge in [0.15, 0.2) is 11.8 Å². The fraction of sp³-hybridized carbons (Fsp3) is 0.474. The van der Waals surface area contributed by atoms with Crippen molar-refractivity contribution in [2.75, 3.05) is 13.7 Å². The summed E-state index contributed by atoms with van der Waals surface area (Å²) < 4.78 is 5.13. The molecule has 1 aliphatic heterocycles. The van der Waals surface area contributed by atoms with Gasteiger partial charge in [-0.3, -0.25) is 19.3 Å². The molecule has 0 aromatic rings. The minimum Gasteiger partial charge on any atom is -0.367 e. The van der Waals surface area contributed by atoms with E-state index in [0.29, 0.717) is 17.7 Å². The van der Waals surface area contributed by atoms with Gasteiger partial charge >= 0.3 is 6.03 Å². The first-order valence-corrected chi connectivity index (χ1v) is 8.73. The zero-order chi connectivity index (χ0) is 20.2. The van der Waals surface area contributed by atoms with Gasteiger partial charge in [-0.15, -0.1) is 0 Å². The van der Waals surface area contributed by atoms with Crippen molar-refractivity contribution in [3.05, 3.63) is 36.5 Å². The van der Waals surface area contributed by atoms with E-state index in [1.54, 1.807) is 25.2 Å². The molecule has 2 rings (SSSR count). The number of methoxy groups -OCH3 is 1. The Kier molecular flexibility index (Phi) is 6.32. The Morgan fingerprint density at radius 1 is 1.26 bits per heavy atom. The zero-order valence-electron chi connectivity index (χ0n) is 15.8. The molecule has 1 heterocycles. The van der Waals surface area contributed by atoms with Crippen LogP contribution in [0.4, 0.5) is 4.79 Å². The quantitative estimate of drug-likeness (QED) is 0.369. The number of Topliss-reactive ketones (excluding diaryl/α,β-unsaturated/α-hetero) is 1. The van der Waals surface area contributed by atoms with E-state index in [9.17, 15) is 19.2 Å². The van der Waals surface area contributed by atoms with Gasteiger partial charge in [-0.2, -0.15) is 0 Å². The topological polar surface area (TPSA) is 110 Å². The van der Waals surface area contributed by atoms with E-state index < -0.39 is 41.3 Å². The van der Waals surface area contributed by atoms with Crippen LogP contribution in [0.2, 0.25) is 0 Å². The van der Waals surface area contributed by atoms with E-state index >= 15 is 0 Å². The molecule has 8 nitrogen and oxygen atoms in total. The number of carbonyl (C=O) groups excluding carboxylic acids is 4. The highest BCUT2D eigenvalue weighted by atomic mass is 16.5. The number of hydrogen-bond donors (Lipinski definition) is 1. The molecule has 2 fully saturated rings. The number of nitrogens with two attached hydrogens (primary N) is 1. The third-order valence-electron chi connectivity index (χ3n) is 4.74. The Balaban J connectivity index is 2.22. The summed E-state index contributed by atoms with van der Waals surface area (Å²) >= 11 is 0. The summed E-state index contributed by atoms with van der Waals surface area (Å²) in [4.78, 5) is 51.8. The molecule has 146 valence electrons. The molecule has 27 heavy (non-hydrogen) atoms. The fourth-order valence-corrected chi connectivity index (χ4v) is 2.85. The van der Waals surface area contributed by atoms with Crippen molar-refractivity contribution >= 4 is 23.6 Å². The molecular weight excluding hydrogens is 350 g/mol. The van der Waals surface area contributed by atoms with E-state index in [4.69, 9.17) is 10.5 Å². The molecule has 4 amide bonds. The third-order valence-corrected chi connectivity index (χ3v) is 4.74. The van der Waals surface area contributed by atoms with E-state index in [0.717, 1.165) is 4.90 Å². The fourth-order valence-electron chi connectivity index (χ4n) is 2.85. The summed E-state index contributed by atoms with van der Waals surface area (Å²) in [5.41, 5.74) is 4.66. The van der Waals surface area contributed by atoms with Crippen LogP contribution in [-0.4, -0.2) is 59.4 Å². The Hall–Kier alpha value is -2.74. The number of amides is 4. The van der Waals surface area contributed by atoms with E-state index in [2.05, 4.69) is 0 Å². The summed E-state index contributed by atoms with van der Waals surface area (Å²) in [6.07, 6.45) is 10.7. The van der Waals surface area contributed by atoms with Crippen molar-refractivity contribution in [1.29, 1.82) is 0 Å². The first-order valence-electron chi connectivity index (χ1n) is 8.73. The molecule has 0 aromatic heterocycles. The first-order chi connectivity index (χ1) is 12.8. The molecular formula is C19H25N3O5. The van der Waals surface area contributed by atoms with Gasteiger partial charge in [0.2, 0.25) is 12.1 Å². The second-order valence-corrected chi connectivity index (χ2v) is 6.80. The van der Waals surface area contributed by atoms with Crippen molar-refractivity contribution in [3.8, 4) is 0 Å². The Morgan fingerprint density at radius 2 is 1.89 bits per heavy atom. The Bertz CT molecular complexity index is 721. The van der Waals surface area contributed by atoms with E-state index in [-0.39, 0.29) is 6.54 Å². The third kappa shape index (κ3) is 4.16. The van der Waals surface area contributed by atoms with Gasteiger partial charge in [-0.25, -0.2) is 9.69 Å². The largest absolute Gasteiger partial charge is 0.367 e. The van der Waals surface area contributed by atoms with Gasteiger partial charge in [0, 0.05) is 19.1 Å². The molecule has 2 unspecified atom stereocenters. The van der Waals surface area contributed by atoms with Gasteiger partial charge in [0.1, 0.15) is 0 Å². The van der Waals surface area contributed by atoms with Crippen LogP contribution in [0, 0.1) is 5.41 Å². The average Bonchev–Trinajstić information content (AvgIpc) is 3.33. The van der Waals surface area contributed by atoms with Crippen LogP contribution in [0.15, 0.2) is 36.5 Å². The minimum atomic E-state index is -1.61. The van der Waals surface area contributed by atoms with Gasteiger partial charge in [-0.1, -0.05) is 43.4 Å². The minimum absolute atomic E-state index is 0.0801. The summed E-state index contributed by atoms with van der Waals surface area (Å²) in [6.45, 7) is 3.66. The van der Waals surface area contributed by atoms with Gasteiger partial charge in [-0.05, 0) is 19.8 Å². The van der Waals surface area contributed by atoms with Crippen molar-refractivity contribution in [1.82, 2.24) is 9.80 Å². The van der Waals surface area contributed by atoms with Crippen molar-refractivity contribution < 1.29 is 23.9 Å². The summed E-state index contributed by atoms with van der Waals surface area (Å²) in [6, 6.07) is -2.38. The lowest BCUT2D eigenvalue weighted by Crippen LogP contribution is -2.55. The summed E-state index contributed by atoms with van der Waals surface area (Å²) in [5.74, 6) is -2.28. The molecule has 0 spiro atoms. The first kappa shape index (κ1) is 20.6. The normalized spacial score (nSPS) is 23.1. The maximum atomic E-state index is 12.8. The number of imide groups is 1. The molecule has 2 N–H and O–H groups in total.